The SMILES string of the molecule is COC(=O)c1cccc(OC[C@@H](O)CN[C@H](C)CCC(C)C)c1. The molecule has 1 rings (SSSR count). The quantitative estimate of drug-likeness (QED) is 0.648. The third-order valence-corrected chi connectivity index (χ3v) is 3.58. The summed E-state index contributed by atoms with van der Waals surface area (Å²) in [4.78, 5) is 11.5. The Hall–Kier alpha value is -1.59. The first-order valence-corrected chi connectivity index (χ1v) is 8.15. The van der Waals surface area contributed by atoms with Crippen LogP contribution < -0.4 is 10.1 Å². The number of carbonyl (C=O) groups excluding carboxylic acids is 1. The van der Waals surface area contributed by atoms with Crippen molar-refractivity contribution in [3.05, 3.63) is 29.8 Å². The lowest BCUT2D eigenvalue weighted by Gasteiger charge is -2.18. The number of ether oxygens (including phenoxy) is 2. The highest BCUT2D eigenvalue weighted by Gasteiger charge is 2.10. The molecule has 0 heterocycles. The molecule has 2 N–H and O–H groups in total. The maximum atomic E-state index is 11.5. The van der Waals surface area contributed by atoms with E-state index in [1.54, 1.807) is 24.3 Å². The first kappa shape index (κ1) is 19.5. The van der Waals surface area contributed by atoms with Gasteiger partial charge in [0.1, 0.15) is 18.5 Å². The standard InChI is InChI=1S/C18H29NO4/c1-13(2)8-9-14(3)19-11-16(20)12-23-17-7-5-6-15(10-17)18(21)22-4/h5-7,10,13-14,16,19-20H,8-9,11-12H2,1-4H3/t14-,16+/m1/s1. The van der Waals surface area contributed by atoms with Crippen LogP contribution in [0.15, 0.2) is 24.3 Å². The molecule has 1 aromatic carbocycles. The first-order chi connectivity index (χ1) is 10.9. The molecule has 130 valence electrons. The molecule has 0 spiro atoms. The number of esters is 1. The van der Waals surface area contributed by atoms with Gasteiger partial charge in [0.25, 0.3) is 0 Å². The molecule has 0 aromatic heterocycles. The normalized spacial score (nSPS) is 13.7. The van der Waals surface area contributed by atoms with E-state index in [1.807, 2.05) is 0 Å². The molecule has 0 saturated carbocycles. The number of aliphatic hydroxyl groups is 1. The monoisotopic (exact) mass is 323 g/mol. The Kier molecular flexibility index (Phi) is 8.66. The van der Waals surface area contributed by atoms with Gasteiger partial charge in [-0.05, 0) is 43.9 Å². The van der Waals surface area contributed by atoms with Gasteiger partial charge in [-0.3, -0.25) is 0 Å². The smallest absolute Gasteiger partial charge is 0.337 e. The van der Waals surface area contributed by atoms with Crippen molar-refractivity contribution in [2.75, 3.05) is 20.3 Å². The van der Waals surface area contributed by atoms with Gasteiger partial charge in [-0.15, -0.1) is 0 Å². The largest absolute Gasteiger partial charge is 0.491 e. The zero-order chi connectivity index (χ0) is 17.2. The Morgan fingerprint density at radius 2 is 2.00 bits per heavy atom. The highest BCUT2D eigenvalue weighted by Crippen LogP contribution is 2.14. The predicted octanol–water partition coefficient (Wildman–Crippen LogP) is 2.63. The number of methoxy groups -OCH3 is 1. The van der Waals surface area contributed by atoms with Crippen LogP contribution in [0.2, 0.25) is 0 Å². The van der Waals surface area contributed by atoms with Crippen molar-refractivity contribution in [2.24, 2.45) is 5.92 Å². The Bertz CT molecular complexity index is 476. The molecule has 5 heteroatoms. The Morgan fingerprint density at radius 3 is 2.65 bits per heavy atom. The Balaban J connectivity index is 2.33. The van der Waals surface area contributed by atoms with Gasteiger partial charge in [0.2, 0.25) is 0 Å². The molecule has 0 amide bonds. The topological polar surface area (TPSA) is 67.8 Å². The van der Waals surface area contributed by atoms with Crippen LogP contribution in [0.3, 0.4) is 0 Å². The lowest BCUT2D eigenvalue weighted by molar-refractivity contribution is 0.0600. The minimum absolute atomic E-state index is 0.175. The average molecular weight is 323 g/mol. The summed E-state index contributed by atoms with van der Waals surface area (Å²) in [6, 6.07) is 7.11. The number of nitrogens with one attached hydrogen (secondary N) is 1. The van der Waals surface area contributed by atoms with Gasteiger partial charge in [0.15, 0.2) is 0 Å². The van der Waals surface area contributed by atoms with Gasteiger partial charge < -0.3 is 19.9 Å². The van der Waals surface area contributed by atoms with Crippen molar-refractivity contribution >= 4 is 5.97 Å². The molecule has 2 atom stereocenters. The summed E-state index contributed by atoms with van der Waals surface area (Å²) in [6.45, 7) is 7.19. The van der Waals surface area contributed by atoms with Crippen LogP contribution in [0.1, 0.15) is 44.0 Å². The number of aliphatic hydroxyl groups excluding tert-OH is 1. The molecule has 23 heavy (non-hydrogen) atoms. The minimum atomic E-state index is -0.599. The first-order valence-electron chi connectivity index (χ1n) is 8.15. The second-order valence-corrected chi connectivity index (χ2v) is 6.26. The minimum Gasteiger partial charge on any atom is -0.491 e. The lowest BCUT2D eigenvalue weighted by atomic mass is 10.0. The summed E-state index contributed by atoms with van der Waals surface area (Å²) in [5, 5.41) is 13.3. The van der Waals surface area contributed by atoms with Crippen molar-refractivity contribution in [2.45, 2.75) is 45.8 Å². The Labute approximate surface area is 139 Å². The summed E-state index contributed by atoms with van der Waals surface area (Å²) in [6.07, 6.45) is 1.66. The lowest BCUT2D eigenvalue weighted by Crippen LogP contribution is -2.36. The van der Waals surface area contributed by atoms with E-state index < -0.39 is 12.1 Å². The van der Waals surface area contributed by atoms with E-state index in [2.05, 4.69) is 30.8 Å². The van der Waals surface area contributed by atoms with Crippen LogP contribution in [0.25, 0.3) is 0 Å². The molecule has 0 saturated heterocycles. The second-order valence-electron chi connectivity index (χ2n) is 6.26. The molecule has 0 fully saturated rings. The third kappa shape index (κ3) is 8.00. The fourth-order valence-corrected chi connectivity index (χ4v) is 2.10. The molecule has 5 nitrogen and oxygen atoms in total. The van der Waals surface area contributed by atoms with Crippen molar-refractivity contribution in [3.63, 3.8) is 0 Å². The van der Waals surface area contributed by atoms with E-state index in [0.29, 0.717) is 29.8 Å². The van der Waals surface area contributed by atoms with Gasteiger partial charge >= 0.3 is 5.97 Å². The highest BCUT2D eigenvalue weighted by molar-refractivity contribution is 5.89. The van der Waals surface area contributed by atoms with Crippen LogP contribution in [0, 0.1) is 5.92 Å². The molecule has 0 unspecified atom stereocenters. The van der Waals surface area contributed by atoms with E-state index >= 15 is 0 Å². The fraction of sp³-hybridized carbons (Fsp3) is 0.611. The number of carbonyl (C=O) groups is 1. The van der Waals surface area contributed by atoms with E-state index in [0.717, 1.165) is 6.42 Å². The number of hydrogen-bond donors (Lipinski definition) is 2. The molecular weight excluding hydrogens is 294 g/mol. The molecule has 0 aliphatic carbocycles. The molecular formula is C18H29NO4. The van der Waals surface area contributed by atoms with Crippen molar-refractivity contribution in [1.82, 2.24) is 5.32 Å². The molecule has 0 aliphatic heterocycles. The summed E-state index contributed by atoms with van der Waals surface area (Å²) < 4.78 is 10.2. The average Bonchev–Trinajstić information content (AvgIpc) is 2.55. The summed E-state index contributed by atoms with van der Waals surface area (Å²) >= 11 is 0. The third-order valence-electron chi connectivity index (χ3n) is 3.58. The van der Waals surface area contributed by atoms with Gasteiger partial charge in [0, 0.05) is 12.6 Å². The van der Waals surface area contributed by atoms with Crippen LogP contribution in [-0.4, -0.2) is 43.5 Å². The van der Waals surface area contributed by atoms with E-state index in [-0.39, 0.29) is 6.61 Å². The second kappa shape index (κ2) is 10.2. The van der Waals surface area contributed by atoms with E-state index in [1.165, 1.54) is 13.5 Å². The molecule has 1 aromatic rings. The van der Waals surface area contributed by atoms with Crippen molar-refractivity contribution < 1.29 is 19.4 Å². The summed E-state index contributed by atoms with van der Waals surface area (Å²) in [5.41, 5.74) is 0.430. The zero-order valence-electron chi connectivity index (χ0n) is 14.5. The summed E-state index contributed by atoms with van der Waals surface area (Å²) in [5.74, 6) is 0.825. The van der Waals surface area contributed by atoms with Gasteiger partial charge in [0.05, 0.1) is 12.7 Å². The van der Waals surface area contributed by atoms with Crippen LogP contribution in [0.4, 0.5) is 0 Å². The molecule has 0 aliphatic rings. The van der Waals surface area contributed by atoms with Gasteiger partial charge in [-0.2, -0.15) is 0 Å². The maximum absolute atomic E-state index is 11.5. The van der Waals surface area contributed by atoms with Crippen molar-refractivity contribution in [3.8, 4) is 5.75 Å². The van der Waals surface area contributed by atoms with Gasteiger partial charge in [-0.25, -0.2) is 4.79 Å². The van der Waals surface area contributed by atoms with Crippen LogP contribution in [0.5, 0.6) is 5.75 Å². The summed E-state index contributed by atoms with van der Waals surface area (Å²) in [7, 11) is 1.34. The van der Waals surface area contributed by atoms with E-state index in [4.69, 9.17) is 4.74 Å². The zero-order valence-corrected chi connectivity index (χ0v) is 14.5. The predicted molar refractivity (Wildman–Crippen MR) is 90.8 cm³/mol. The van der Waals surface area contributed by atoms with Crippen LogP contribution in [-0.2, 0) is 4.74 Å². The van der Waals surface area contributed by atoms with E-state index in [9.17, 15) is 9.90 Å². The fourth-order valence-electron chi connectivity index (χ4n) is 2.10. The van der Waals surface area contributed by atoms with Crippen molar-refractivity contribution in [1.29, 1.82) is 0 Å². The molecule has 0 bridgehead atoms. The number of hydrogen-bond acceptors (Lipinski definition) is 5. The van der Waals surface area contributed by atoms with Gasteiger partial charge in [-0.1, -0.05) is 19.9 Å². The highest BCUT2D eigenvalue weighted by atomic mass is 16.5. The molecule has 0 radical (unpaired) electrons. The number of benzene rings is 1. The number of rotatable bonds is 10. The van der Waals surface area contributed by atoms with Crippen LogP contribution >= 0.6 is 0 Å². The Morgan fingerprint density at radius 1 is 1.26 bits per heavy atom. The maximum Gasteiger partial charge on any atom is 0.337 e.